The van der Waals surface area contributed by atoms with Gasteiger partial charge in [-0.1, -0.05) is 18.7 Å². The molecule has 0 radical (unpaired) electrons. The fraction of sp³-hybridized carbons (Fsp3) is 1.00. The Morgan fingerprint density at radius 1 is 1.50 bits per heavy atom. The minimum atomic E-state index is -3.20. The van der Waals surface area contributed by atoms with E-state index >= 15 is 0 Å². The zero-order chi connectivity index (χ0) is 8.20. The van der Waals surface area contributed by atoms with Gasteiger partial charge in [-0.3, -0.25) is 4.84 Å². The molecule has 0 amide bonds. The monoisotopic (exact) mass is 167 g/mol. The van der Waals surface area contributed by atoms with Crippen LogP contribution in [0.5, 0.6) is 0 Å². The summed E-state index contributed by atoms with van der Waals surface area (Å²) >= 11 is 0. The second-order valence-electron chi connectivity index (χ2n) is 2.46. The van der Waals surface area contributed by atoms with Crippen LogP contribution < -0.4 is 4.89 Å². The van der Waals surface area contributed by atoms with E-state index in [-0.39, 0.29) is 11.7 Å². The normalized spacial score (nSPS) is 12.4. The molecule has 10 heavy (non-hydrogen) atoms. The van der Waals surface area contributed by atoms with E-state index in [1.54, 1.807) is 0 Å². The van der Waals surface area contributed by atoms with Gasteiger partial charge in [0.1, 0.15) is 0 Å². The first-order valence-electron chi connectivity index (χ1n) is 3.00. The highest BCUT2D eigenvalue weighted by molar-refractivity contribution is 7.89. The van der Waals surface area contributed by atoms with Crippen molar-refractivity contribution in [1.82, 2.24) is 4.89 Å². The summed E-state index contributed by atoms with van der Waals surface area (Å²) in [5.41, 5.74) is 0. The summed E-state index contributed by atoms with van der Waals surface area (Å²) in [7, 11) is -1.93. The lowest BCUT2D eigenvalue weighted by molar-refractivity contribution is 0.153. The van der Waals surface area contributed by atoms with Gasteiger partial charge in [0.2, 0.25) is 10.0 Å². The predicted octanol–water partition coefficient (Wildman–Crippen LogP) is 0.123. The molecular formula is C5H13NO3S. The van der Waals surface area contributed by atoms with Gasteiger partial charge in [-0.15, -0.1) is 0 Å². The Balaban J connectivity index is 3.89. The Morgan fingerprint density at radius 3 is 2.30 bits per heavy atom. The van der Waals surface area contributed by atoms with Gasteiger partial charge in [0.05, 0.1) is 12.9 Å². The smallest absolute Gasteiger partial charge is 0.233 e. The Hall–Kier alpha value is -0.130. The third-order valence-corrected chi connectivity index (χ3v) is 2.29. The van der Waals surface area contributed by atoms with Gasteiger partial charge >= 0.3 is 0 Å². The third kappa shape index (κ3) is 4.72. The summed E-state index contributed by atoms with van der Waals surface area (Å²) in [6, 6.07) is 0. The van der Waals surface area contributed by atoms with Crippen LogP contribution in [0.2, 0.25) is 0 Å². The molecule has 4 nitrogen and oxygen atoms in total. The Bertz CT molecular complexity index is 173. The van der Waals surface area contributed by atoms with Crippen LogP contribution in [0.3, 0.4) is 0 Å². The summed E-state index contributed by atoms with van der Waals surface area (Å²) < 4.78 is 21.6. The minimum Gasteiger partial charge on any atom is -0.290 e. The first-order valence-corrected chi connectivity index (χ1v) is 4.65. The predicted molar refractivity (Wildman–Crippen MR) is 38.8 cm³/mol. The highest BCUT2D eigenvalue weighted by atomic mass is 32.2. The van der Waals surface area contributed by atoms with Crippen LogP contribution in [0.1, 0.15) is 13.8 Å². The van der Waals surface area contributed by atoms with Crippen LogP contribution in [0, 0.1) is 5.92 Å². The SMILES string of the molecule is CONS(=O)(=O)CC(C)C. The molecule has 0 saturated carbocycles. The van der Waals surface area contributed by atoms with Crippen molar-refractivity contribution in [2.45, 2.75) is 13.8 Å². The molecule has 1 N–H and O–H groups in total. The van der Waals surface area contributed by atoms with Crippen molar-refractivity contribution < 1.29 is 13.3 Å². The molecule has 0 fully saturated rings. The summed E-state index contributed by atoms with van der Waals surface area (Å²) in [4.78, 5) is 6.19. The quantitative estimate of drug-likeness (QED) is 0.605. The highest BCUT2D eigenvalue weighted by Gasteiger charge is 2.10. The first kappa shape index (κ1) is 9.87. The fourth-order valence-corrected chi connectivity index (χ4v) is 1.80. The van der Waals surface area contributed by atoms with Gasteiger partial charge in [0.15, 0.2) is 0 Å². The largest absolute Gasteiger partial charge is 0.290 e. The van der Waals surface area contributed by atoms with E-state index in [4.69, 9.17) is 0 Å². The molecule has 0 unspecified atom stereocenters. The zero-order valence-corrected chi connectivity index (χ0v) is 7.23. The number of hydrogen-bond donors (Lipinski definition) is 1. The molecule has 0 bridgehead atoms. The molecule has 0 aromatic rings. The average molecular weight is 167 g/mol. The van der Waals surface area contributed by atoms with Gasteiger partial charge in [-0.05, 0) is 5.92 Å². The van der Waals surface area contributed by atoms with E-state index < -0.39 is 10.0 Å². The van der Waals surface area contributed by atoms with Crippen LogP contribution in [0.4, 0.5) is 0 Å². The maximum absolute atomic E-state index is 10.8. The topological polar surface area (TPSA) is 55.4 Å². The van der Waals surface area contributed by atoms with Crippen LogP contribution >= 0.6 is 0 Å². The number of nitrogens with one attached hydrogen (secondary N) is 1. The van der Waals surface area contributed by atoms with E-state index in [2.05, 4.69) is 4.84 Å². The molecule has 0 saturated heterocycles. The summed E-state index contributed by atoms with van der Waals surface area (Å²) in [5.74, 6) is 0.216. The Labute approximate surface area is 61.6 Å². The summed E-state index contributed by atoms with van der Waals surface area (Å²) in [6.45, 7) is 3.66. The standard InChI is InChI=1S/C5H13NO3S/c1-5(2)4-10(7,8)6-9-3/h5-6H,4H2,1-3H3. The van der Waals surface area contributed by atoms with Crippen LogP contribution in [0.15, 0.2) is 0 Å². The molecule has 0 aromatic heterocycles. The molecule has 0 heterocycles. The molecule has 0 aliphatic carbocycles. The van der Waals surface area contributed by atoms with Crippen LogP contribution in [-0.2, 0) is 14.9 Å². The zero-order valence-electron chi connectivity index (χ0n) is 6.42. The number of sulfonamides is 1. The second-order valence-corrected chi connectivity index (χ2v) is 4.19. The maximum Gasteiger partial charge on any atom is 0.233 e. The summed E-state index contributed by atoms with van der Waals surface area (Å²) in [5, 5.41) is 0. The molecule has 0 rings (SSSR count). The first-order chi connectivity index (χ1) is 4.48. The van der Waals surface area contributed by atoms with Gasteiger partial charge in [0, 0.05) is 0 Å². The lowest BCUT2D eigenvalue weighted by Gasteiger charge is -2.05. The average Bonchev–Trinajstić information content (AvgIpc) is 1.59. The number of rotatable bonds is 4. The molecule has 5 heteroatoms. The lowest BCUT2D eigenvalue weighted by Crippen LogP contribution is -2.27. The number of hydrogen-bond acceptors (Lipinski definition) is 3. The van der Waals surface area contributed by atoms with Crippen molar-refractivity contribution in [3.8, 4) is 0 Å². The Morgan fingerprint density at radius 2 is 2.00 bits per heavy atom. The van der Waals surface area contributed by atoms with Crippen molar-refractivity contribution in [2.75, 3.05) is 12.9 Å². The van der Waals surface area contributed by atoms with E-state index in [0.29, 0.717) is 0 Å². The molecule has 0 aliphatic rings. The van der Waals surface area contributed by atoms with Crippen molar-refractivity contribution >= 4 is 10.0 Å². The summed E-state index contributed by atoms with van der Waals surface area (Å²) in [6.07, 6.45) is 0. The lowest BCUT2D eigenvalue weighted by atomic mass is 10.3. The van der Waals surface area contributed by atoms with Gasteiger partial charge in [0.25, 0.3) is 0 Å². The van der Waals surface area contributed by atoms with Gasteiger partial charge < -0.3 is 0 Å². The third-order valence-electron chi connectivity index (χ3n) is 0.763. The maximum atomic E-state index is 10.8. The van der Waals surface area contributed by atoms with Crippen molar-refractivity contribution in [3.05, 3.63) is 0 Å². The Kier molecular flexibility index (Phi) is 3.85. The van der Waals surface area contributed by atoms with Crippen molar-refractivity contribution in [3.63, 3.8) is 0 Å². The van der Waals surface area contributed by atoms with E-state index in [9.17, 15) is 8.42 Å². The molecule has 0 aromatic carbocycles. The molecular weight excluding hydrogens is 154 g/mol. The van der Waals surface area contributed by atoms with Gasteiger partial charge in [-0.25, -0.2) is 8.42 Å². The fourth-order valence-electron chi connectivity index (χ4n) is 0.600. The highest BCUT2D eigenvalue weighted by Crippen LogP contribution is 1.96. The van der Waals surface area contributed by atoms with E-state index in [0.717, 1.165) is 0 Å². The van der Waals surface area contributed by atoms with E-state index in [1.165, 1.54) is 7.11 Å². The van der Waals surface area contributed by atoms with Crippen LogP contribution in [-0.4, -0.2) is 21.3 Å². The molecule has 0 atom stereocenters. The van der Waals surface area contributed by atoms with Crippen LogP contribution in [0.25, 0.3) is 0 Å². The van der Waals surface area contributed by atoms with Crippen molar-refractivity contribution in [2.24, 2.45) is 5.92 Å². The molecule has 0 spiro atoms. The van der Waals surface area contributed by atoms with Gasteiger partial charge in [-0.2, -0.15) is 0 Å². The molecule has 0 aliphatic heterocycles. The second kappa shape index (κ2) is 3.90. The van der Waals surface area contributed by atoms with E-state index in [1.807, 2.05) is 18.7 Å². The molecule has 62 valence electrons. The van der Waals surface area contributed by atoms with Crippen molar-refractivity contribution in [1.29, 1.82) is 0 Å². The minimum absolute atomic E-state index is 0.0981.